The lowest BCUT2D eigenvalue weighted by Gasteiger charge is -2.12. The first kappa shape index (κ1) is 20.9. The Balaban J connectivity index is 1.45. The van der Waals surface area contributed by atoms with E-state index in [1.54, 1.807) is 0 Å². The molecule has 1 N–H and O–H groups in total. The van der Waals surface area contributed by atoms with E-state index in [-0.39, 0.29) is 5.91 Å². The summed E-state index contributed by atoms with van der Waals surface area (Å²) >= 11 is 0. The van der Waals surface area contributed by atoms with Crippen LogP contribution < -0.4 is 5.32 Å². The van der Waals surface area contributed by atoms with E-state index in [4.69, 9.17) is 4.98 Å². The van der Waals surface area contributed by atoms with E-state index >= 15 is 0 Å². The molecule has 0 fully saturated rings. The predicted octanol–water partition coefficient (Wildman–Crippen LogP) is 5.57. The molecule has 0 bridgehead atoms. The van der Waals surface area contributed by atoms with E-state index in [0.29, 0.717) is 18.0 Å². The van der Waals surface area contributed by atoms with E-state index in [1.807, 2.05) is 36.4 Å². The summed E-state index contributed by atoms with van der Waals surface area (Å²) in [6.07, 6.45) is 1.65. The van der Waals surface area contributed by atoms with Gasteiger partial charge >= 0.3 is 0 Å². The number of aromatic nitrogens is 2. The molecule has 1 amide bonds. The van der Waals surface area contributed by atoms with Crippen molar-refractivity contribution < 1.29 is 4.79 Å². The second-order valence-corrected chi connectivity index (χ2v) is 8.22. The number of benzene rings is 3. The molecular formula is C27H29N3O. The van der Waals surface area contributed by atoms with Gasteiger partial charge in [-0.3, -0.25) is 4.79 Å². The summed E-state index contributed by atoms with van der Waals surface area (Å²) in [5, 5.41) is 3.01. The third-order valence-corrected chi connectivity index (χ3v) is 5.62. The normalized spacial score (nSPS) is 11.2. The maximum atomic E-state index is 12.2. The van der Waals surface area contributed by atoms with Crippen LogP contribution in [0.4, 0.5) is 0 Å². The van der Waals surface area contributed by atoms with Gasteiger partial charge in [-0.1, -0.05) is 68.4 Å². The van der Waals surface area contributed by atoms with Gasteiger partial charge in [-0.2, -0.15) is 0 Å². The maximum absolute atomic E-state index is 12.2. The van der Waals surface area contributed by atoms with Gasteiger partial charge in [0, 0.05) is 25.1 Å². The molecule has 4 nitrogen and oxygen atoms in total. The Morgan fingerprint density at radius 3 is 2.39 bits per heavy atom. The Bertz CT molecular complexity index is 1140. The summed E-state index contributed by atoms with van der Waals surface area (Å²) in [6, 6.07) is 26.5. The van der Waals surface area contributed by atoms with Crippen LogP contribution in [0.25, 0.3) is 11.0 Å². The summed E-state index contributed by atoms with van der Waals surface area (Å²) in [5.74, 6) is 1.56. The van der Waals surface area contributed by atoms with Crippen molar-refractivity contribution in [2.24, 2.45) is 0 Å². The van der Waals surface area contributed by atoms with Crippen molar-refractivity contribution >= 4 is 16.9 Å². The summed E-state index contributed by atoms with van der Waals surface area (Å²) in [4.78, 5) is 17.1. The van der Waals surface area contributed by atoms with Crippen molar-refractivity contribution in [3.63, 3.8) is 0 Å². The second kappa shape index (κ2) is 9.61. The van der Waals surface area contributed by atoms with Gasteiger partial charge in [0.1, 0.15) is 5.82 Å². The lowest BCUT2D eigenvalue weighted by Crippen LogP contribution is -2.24. The quantitative estimate of drug-likeness (QED) is 0.385. The first-order valence-corrected chi connectivity index (χ1v) is 11.0. The molecule has 0 aliphatic heterocycles. The standard InChI is InChI=1S/C27H29N3O/c1-20(2)22-16-14-21(15-17-22)19-30-25-12-7-6-11-24(25)29-26(30)13-8-18-28-27(31)23-9-4-3-5-10-23/h3-7,9-12,14-17,20H,8,13,18-19H2,1-2H3,(H,28,31). The third-order valence-electron chi connectivity index (χ3n) is 5.62. The number of carbonyl (C=O) groups is 1. The SMILES string of the molecule is CC(C)c1ccc(Cn2c(CCCNC(=O)c3ccccc3)nc3ccccc32)cc1. The number of nitrogens with zero attached hydrogens (tertiary/aromatic N) is 2. The molecule has 4 aromatic rings. The average molecular weight is 412 g/mol. The molecule has 0 saturated carbocycles. The van der Waals surface area contributed by atoms with Crippen molar-refractivity contribution in [3.8, 4) is 0 Å². The second-order valence-electron chi connectivity index (χ2n) is 8.22. The zero-order valence-electron chi connectivity index (χ0n) is 18.2. The van der Waals surface area contributed by atoms with E-state index in [2.05, 4.69) is 66.2 Å². The number of rotatable bonds is 8. The number of fused-ring (bicyclic) bond motifs is 1. The molecule has 0 saturated heterocycles. The summed E-state index contributed by atoms with van der Waals surface area (Å²) in [7, 11) is 0. The van der Waals surface area contributed by atoms with Crippen LogP contribution in [0.5, 0.6) is 0 Å². The number of carbonyl (C=O) groups excluding carboxylic acids is 1. The first-order chi connectivity index (χ1) is 15.1. The number of hydrogen-bond donors (Lipinski definition) is 1. The summed E-state index contributed by atoms with van der Waals surface area (Å²) in [5.41, 5.74) is 5.49. The van der Waals surface area contributed by atoms with Crippen LogP contribution in [0.15, 0.2) is 78.9 Å². The molecule has 0 aliphatic carbocycles. The highest BCUT2D eigenvalue weighted by Crippen LogP contribution is 2.20. The first-order valence-electron chi connectivity index (χ1n) is 11.0. The topological polar surface area (TPSA) is 46.9 Å². The highest BCUT2D eigenvalue weighted by atomic mass is 16.1. The van der Waals surface area contributed by atoms with Gasteiger partial charge < -0.3 is 9.88 Å². The minimum absolute atomic E-state index is 0.0284. The van der Waals surface area contributed by atoms with Gasteiger partial charge in [0.25, 0.3) is 5.91 Å². The number of amides is 1. The highest BCUT2D eigenvalue weighted by Gasteiger charge is 2.12. The van der Waals surface area contributed by atoms with E-state index in [0.717, 1.165) is 36.2 Å². The monoisotopic (exact) mass is 411 g/mol. The number of imidazole rings is 1. The fourth-order valence-electron chi connectivity index (χ4n) is 3.82. The molecule has 1 aromatic heterocycles. The van der Waals surface area contributed by atoms with Crippen LogP contribution >= 0.6 is 0 Å². The van der Waals surface area contributed by atoms with E-state index in [1.165, 1.54) is 11.1 Å². The van der Waals surface area contributed by atoms with Gasteiger partial charge in [-0.15, -0.1) is 0 Å². The molecule has 4 heteroatoms. The molecular weight excluding hydrogens is 382 g/mol. The van der Waals surface area contributed by atoms with Crippen LogP contribution in [0, 0.1) is 0 Å². The minimum atomic E-state index is -0.0284. The molecule has 0 unspecified atom stereocenters. The Morgan fingerprint density at radius 1 is 0.935 bits per heavy atom. The van der Waals surface area contributed by atoms with Gasteiger partial charge in [-0.05, 0) is 47.7 Å². The highest BCUT2D eigenvalue weighted by molar-refractivity contribution is 5.94. The Hall–Kier alpha value is -3.40. The smallest absolute Gasteiger partial charge is 0.251 e. The summed E-state index contributed by atoms with van der Waals surface area (Å²) in [6.45, 7) is 5.85. The molecule has 158 valence electrons. The number of nitrogens with one attached hydrogen (secondary N) is 1. The van der Waals surface area contributed by atoms with Crippen molar-refractivity contribution in [1.29, 1.82) is 0 Å². The number of para-hydroxylation sites is 2. The fourth-order valence-corrected chi connectivity index (χ4v) is 3.82. The Labute approximate surface area is 183 Å². The molecule has 3 aromatic carbocycles. The zero-order chi connectivity index (χ0) is 21.6. The molecule has 1 heterocycles. The van der Waals surface area contributed by atoms with Gasteiger partial charge in [0.05, 0.1) is 11.0 Å². The maximum Gasteiger partial charge on any atom is 0.251 e. The van der Waals surface area contributed by atoms with Gasteiger partial charge in [0.15, 0.2) is 0 Å². The van der Waals surface area contributed by atoms with Crippen molar-refractivity contribution in [1.82, 2.24) is 14.9 Å². The van der Waals surface area contributed by atoms with Crippen LogP contribution in [-0.2, 0) is 13.0 Å². The van der Waals surface area contributed by atoms with E-state index < -0.39 is 0 Å². The fraction of sp³-hybridized carbons (Fsp3) is 0.259. The zero-order valence-corrected chi connectivity index (χ0v) is 18.2. The Morgan fingerprint density at radius 2 is 1.65 bits per heavy atom. The minimum Gasteiger partial charge on any atom is -0.352 e. The van der Waals surface area contributed by atoms with Gasteiger partial charge in [0.2, 0.25) is 0 Å². The summed E-state index contributed by atoms with van der Waals surface area (Å²) < 4.78 is 2.30. The molecule has 0 spiro atoms. The predicted molar refractivity (Wildman–Crippen MR) is 126 cm³/mol. The molecule has 0 atom stereocenters. The number of aryl methyl sites for hydroxylation is 1. The van der Waals surface area contributed by atoms with Crippen LogP contribution in [0.1, 0.15) is 53.5 Å². The van der Waals surface area contributed by atoms with Crippen molar-refractivity contribution in [2.75, 3.05) is 6.54 Å². The lowest BCUT2D eigenvalue weighted by atomic mass is 10.0. The van der Waals surface area contributed by atoms with E-state index in [9.17, 15) is 4.79 Å². The van der Waals surface area contributed by atoms with Crippen LogP contribution in [-0.4, -0.2) is 22.0 Å². The molecule has 31 heavy (non-hydrogen) atoms. The Kier molecular flexibility index (Phi) is 6.46. The van der Waals surface area contributed by atoms with Gasteiger partial charge in [-0.25, -0.2) is 4.98 Å². The largest absolute Gasteiger partial charge is 0.352 e. The van der Waals surface area contributed by atoms with Crippen molar-refractivity contribution in [2.45, 2.75) is 39.2 Å². The van der Waals surface area contributed by atoms with Crippen LogP contribution in [0.3, 0.4) is 0 Å². The van der Waals surface area contributed by atoms with Crippen LogP contribution in [0.2, 0.25) is 0 Å². The number of hydrogen-bond acceptors (Lipinski definition) is 2. The molecule has 4 rings (SSSR count). The average Bonchev–Trinajstić information content (AvgIpc) is 3.15. The molecule has 0 radical (unpaired) electrons. The lowest BCUT2D eigenvalue weighted by molar-refractivity contribution is 0.0953. The van der Waals surface area contributed by atoms with Crippen molar-refractivity contribution in [3.05, 3.63) is 101 Å². The molecule has 0 aliphatic rings. The third kappa shape index (κ3) is 5.02.